The number of piperazine rings is 1. The minimum absolute atomic E-state index is 0. The van der Waals surface area contributed by atoms with E-state index in [1.54, 1.807) is 6.33 Å². The summed E-state index contributed by atoms with van der Waals surface area (Å²) in [7, 11) is 0. The first-order valence-corrected chi connectivity index (χ1v) is 13.1. The second-order valence-electron chi connectivity index (χ2n) is 10.7. The molecule has 2 aliphatic heterocycles. The number of nitrogens with one attached hydrogen (secondary N) is 1. The second-order valence-corrected chi connectivity index (χ2v) is 11.6. The average molecular weight is 601 g/mol. The molecule has 7 nitrogen and oxygen atoms in total. The van der Waals surface area contributed by atoms with Crippen LogP contribution in [0, 0.1) is 0 Å². The molecule has 2 saturated heterocycles. The van der Waals surface area contributed by atoms with Crippen LogP contribution in [0.25, 0.3) is 0 Å². The molecule has 10 heteroatoms. The number of hydrogen-bond acceptors (Lipinski definition) is 6. The van der Waals surface area contributed by atoms with Crippen molar-refractivity contribution in [2.45, 2.75) is 69.6 Å². The zero-order valence-corrected chi connectivity index (χ0v) is 24.2. The standard InChI is InChI=1S/C26H34BrN5O2.2ClH/c1-16-13-20(33)23-21(16)24(29-15-28-23)31-9-11-32(12-10-31)25(34)22(17-5-4-6-18(27)14-17)19-7-8-26(2,3)30-19;;/h4-6,14-16,19-20,22,30,33H,7-13H2,1-3H3;2*1H/t16-,19?,20-,22?;;/m1../s1. The maximum Gasteiger partial charge on any atom is 0.231 e. The van der Waals surface area contributed by atoms with Gasteiger partial charge in [0.05, 0.1) is 17.7 Å². The number of hydrogen-bond donors (Lipinski definition) is 2. The number of rotatable bonds is 4. The zero-order chi connectivity index (χ0) is 24.0. The highest BCUT2D eigenvalue weighted by Crippen LogP contribution is 2.43. The fourth-order valence-corrected chi connectivity index (χ4v) is 6.37. The van der Waals surface area contributed by atoms with Crippen molar-refractivity contribution in [1.29, 1.82) is 0 Å². The van der Waals surface area contributed by atoms with Gasteiger partial charge in [0, 0.05) is 47.8 Å². The molecule has 3 aliphatic rings. The molecule has 3 heterocycles. The number of aliphatic hydroxyl groups excluding tert-OH is 1. The molecule has 198 valence electrons. The maximum absolute atomic E-state index is 13.9. The topological polar surface area (TPSA) is 81.6 Å². The van der Waals surface area contributed by atoms with Crippen LogP contribution >= 0.6 is 40.7 Å². The number of fused-ring (bicyclic) bond motifs is 1. The summed E-state index contributed by atoms with van der Waals surface area (Å²) < 4.78 is 0.999. The van der Waals surface area contributed by atoms with Gasteiger partial charge in [0.25, 0.3) is 0 Å². The molecule has 1 aromatic heterocycles. The Morgan fingerprint density at radius 3 is 2.56 bits per heavy atom. The summed E-state index contributed by atoms with van der Waals surface area (Å²) >= 11 is 3.59. The number of anilines is 1. The zero-order valence-electron chi connectivity index (χ0n) is 21.0. The predicted molar refractivity (Wildman–Crippen MR) is 150 cm³/mol. The molecule has 4 atom stereocenters. The van der Waals surface area contributed by atoms with E-state index in [4.69, 9.17) is 0 Å². The highest BCUT2D eigenvalue weighted by atomic mass is 79.9. The van der Waals surface area contributed by atoms with Gasteiger partial charge in [0.15, 0.2) is 0 Å². The summed E-state index contributed by atoms with van der Waals surface area (Å²) in [5.41, 5.74) is 2.94. The van der Waals surface area contributed by atoms with Gasteiger partial charge in [-0.1, -0.05) is 35.0 Å². The minimum atomic E-state index is -0.510. The van der Waals surface area contributed by atoms with Crippen molar-refractivity contribution in [3.8, 4) is 0 Å². The van der Waals surface area contributed by atoms with E-state index < -0.39 is 6.10 Å². The lowest BCUT2D eigenvalue weighted by molar-refractivity contribution is -0.133. The van der Waals surface area contributed by atoms with E-state index in [-0.39, 0.29) is 54.1 Å². The van der Waals surface area contributed by atoms with Crippen molar-refractivity contribution in [2.75, 3.05) is 31.1 Å². The Balaban J connectivity index is 0.00000180. The number of benzene rings is 1. The van der Waals surface area contributed by atoms with Gasteiger partial charge >= 0.3 is 0 Å². The monoisotopic (exact) mass is 599 g/mol. The van der Waals surface area contributed by atoms with Crippen LogP contribution in [0.3, 0.4) is 0 Å². The fourth-order valence-electron chi connectivity index (χ4n) is 5.95. The van der Waals surface area contributed by atoms with E-state index in [1.165, 1.54) is 0 Å². The predicted octanol–water partition coefficient (Wildman–Crippen LogP) is 4.59. The Labute approximate surface area is 234 Å². The molecule has 0 spiro atoms. The van der Waals surface area contributed by atoms with Gasteiger partial charge in [0.1, 0.15) is 12.1 Å². The number of aromatic nitrogens is 2. The number of carbonyl (C=O) groups is 1. The van der Waals surface area contributed by atoms with Crippen LogP contribution in [-0.4, -0.2) is 63.6 Å². The number of carbonyl (C=O) groups excluding carboxylic acids is 1. The van der Waals surface area contributed by atoms with Crippen molar-refractivity contribution in [1.82, 2.24) is 20.2 Å². The molecule has 2 fully saturated rings. The number of aliphatic hydroxyl groups is 1. The molecular weight excluding hydrogens is 565 g/mol. The van der Waals surface area contributed by atoms with Gasteiger partial charge in [0.2, 0.25) is 5.91 Å². The normalized spacial score (nSPS) is 25.5. The molecular formula is C26H36BrCl2N5O2. The lowest BCUT2D eigenvalue weighted by Crippen LogP contribution is -2.53. The summed E-state index contributed by atoms with van der Waals surface area (Å²) in [4.78, 5) is 27.1. The lowest BCUT2D eigenvalue weighted by atomic mass is 9.89. The summed E-state index contributed by atoms with van der Waals surface area (Å²) in [5, 5.41) is 14.1. The first kappa shape index (κ1) is 29.1. The molecule has 0 bridgehead atoms. The molecule has 2 aromatic rings. The van der Waals surface area contributed by atoms with E-state index in [0.29, 0.717) is 19.5 Å². The molecule has 1 aromatic carbocycles. The van der Waals surface area contributed by atoms with E-state index in [2.05, 4.69) is 69.0 Å². The van der Waals surface area contributed by atoms with Gasteiger partial charge in [-0.05, 0) is 56.7 Å². The number of amides is 1. The third-order valence-electron chi connectivity index (χ3n) is 7.70. The Morgan fingerprint density at radius 1 is 1.19 bits per heavy atom. The SMILES string of the molecule is C[C@@H]1C[C@@H](O)c2ncnc(N3CCN(C(=O)C(c4cccc(Br)c4)C4CCC(C)(C)N4)CC3)c21.Cl.Cl. The third kappa shape index (κ3) is 5.68. The number of nitrogens with zero attached hydrogens (tertiary/aromatic N) is 4. The van der Waals surface area contributed by atoms with Crippen molar-refractivity contribution >= 4 is 52.5 Å². The lowest BCUT2D eigenvalue weighted by Gasteiger charge is -2.39. The first-order chi connectivity index (χ1) is 16.2. The maximum atomic E-state index is 13.9. The van der Waals surface area contributed by atoms with Crippen molar-refractivity contribution in [3.05, 3.63) is 51.9 Å². The molecule has 0 saturated carbocycles. The quantitative estimate of drug-likeness (QED) is 0.534. The van der Waals surface area contributed by atoms with Crippen molar-refractivity contribution < 1.29 is 9.90 Å². The van der Waals surface area contributed by atoms with Crippen LogP contribution < -0.4 is 10.2 Å². The van der Waals surface area contributed by atoms with Gasteiger partial charge in [-0.2, -0.15) is 0 Å². The Hall–Kier alpha value is -1.45. The van der Waals surface area contributed by atoms with Gasteiger partial charge in [-0.3, -0.25) is 4.79 Å². The summed E-state index contributed by atoms with van der Waals surface area (Å²) in [6, 6.07) is 8.31. The second kappa shape index (κ2) is 11.5. The van der Waals surface area contributed by atoms with E-state index in [1.807, 2.05) is 17.0 Å². The van der Waals surface area contributed by atoms with Crippen LogP contribution in [-0.2, 0) is 4.79 Å². The highest BCUT2D eigenvalue weighted by molar-refractivity contribution is 9.10. The molecule has 1 amide bonds. The summed E-state index contributed by atoms with van der Waals surface area (Å²) in [5.74, 6) is 1.15. The molecule has 0 radical (unpaired) electrons. The van der Waals surface area contributed by atoms with Crippen LogP contribution in [0.4, 0.5) is 5.82 Å². The minimum Gasteiger partial charge on any atom is -0.387 e. The Morgan fingerprint density at radius 2 is 1.92 bits per heavy atom. The molecule has 5 rings (SSSR count). The van der Waals surface area contributed by atoms with E-state index in [0.717, 1.165) is 53.0 Å². The van der Waals surface area contributed by atoms with Gasteiger partial charge in [-0.15, -0.1) is 24.8 Å². The summed E-state index contributed by atoms with van der Waals surface area (Å²) in [6.45, 7) is 9.34. The van der Waals surface area contributed by atoms with Crippen molar-refractivity contribution in [2.24, 2.45) is 0 Å². The Bertz CT molecular complexity index is 1080. The van der Waals surface area contributed by atoms with Crippen molar-refractivity contribution in [3.63, 3.8) is 0 Å². The largest absolute Gasteiger partial charge is 0.387 e. The molecule has 2 unspecified atom stereocenters. The van der Waals surface area contributed by atoms with Crippen LogP contribution in [0.1, 0.15) is 74.8 Å². The highest BCUT2D eigenvalue weighted by Gasteiger charge is 2.41. The smallest absolute Gasteiger partial charge is 0.231 e. The average Bonchev–Trinajstić information content (AvgIpc) is 3.32. The first-order valence-electron chi connectivity index (χ1n) is 12.3. The fraction of sp³-hybridized carbons (Fsp3) is 0.577. The van der Waals surface area contributed by atoms with Crippen LogP contribution in [0.2, 0.25) is 0 Å². The van der Waals surface area contributed by atoms with E-state index >= 15 is 0 Å². The van der Waals surface area contributed by atoms with Gasteiger partial charge < -0.3 is 20.2 Å². The summed E-state index contributed by atoms with van der Waals surface area (Å²) in [6.07, 6.45) is 3.79. The van der Waals surface area contributed by atoms with E-state index in [9.17, 15) is 9.90 Å². The number of halogens is 3. The molecule has 2 N–H and O–H groups in total. The van der Waals surface area contributed by atoms with Gasteiger partial charge in [-0.25, -0.2) is 9.97 Å². The van der Waals surface area contributed by atoms with Crippen LogP contribution in [0.5, 0.6) is 0 Å². The van der Waals surface area contributed by atoms with Crippen LogP contribution in [0.15, 0.2) is 35.1 Å². The third-order valence-corrected chi connectivity index (χ3v) is 8.20. The molecule has 36 heavy (non-hydrogen) atoms. The molecule has 1 aliphatic carbocycles. The Kier molecular flexibility index (Phi) is 9.31.